The lowest BCUT2D eigenvalue weighted by atomic mass is 10.0. The molecular weight excluding hydrogens is 745 g/mol. The summed E-state index contributed by atoms with van der Waals surface area (Å²) >= 11 is 0. The van der Waals surface area contributed by atoms with Gasteiger partial charge in [-0.05, 0) is 44.9 Å². The largest absolute Gasteiger partial charge is 0.462 e. The van der Waals surface area contributed by atoms with Gasteiger partial charge in [-0.25, -0.2) is 0 Å². The molecule has 0 rings (SSSR count). The van der Waals surface area contributed by atoms with Crippen molar-refractivity contribution in [1.82, 2.24) is 0 Å². The van der Waals surface area contributed by atoms with Gasteiger partial charge in [0, 0.05) is 19.3 Å². The number of carbonyl (C=O) groups excluding carboxylic acids is 3. The summed E-state index contributed by atoms with van der Waals surface area (Å²) in [5, 5.41) is 0. The third kappa shape index (κ3) is 46.9. The van der Waals surface area contributed by atoms with Crippen LogP contribution in [0.15, 0.2) is 24.3 Å². The van der Waals surface area contributed by atoms with E-state index < -0.39 is 6.10 Å². The van der Waals surface area contributed by atoms with Crippen molar-refractivity contribution < 1.29 is 28.6 Å². The first kappa shape index (κ1) is 57.9. The SMILES string of the molecule is CCC/C=C\C/C=C\CCCCCCCC(=O)OC(COC(=O)CCCCCCCCCC)COC(=O)CCCCCCCCCCCCCCCCCCCCCCC. The molecule has 0 radical (unpaired) electrons. The molecule has 0 saturated heterocycles. The van der Waals surface area contributed by atoms with E-state index in [1.165, 1.54) is 154 Å². The quantitative estimate of drug-likeness (QED) is 0.0263. The van der Waals surface area contributed by atoms with Crippen LogP contribution < -0.4 is 0 Å². The summed E-state index contributed by atoms with van der Waals surface area (Å²) in [5.41, 5.74) is 0. The minimum Gasteiger partial charge on any atom is -0.462 e. The van der Waals surface area contributed by atoms with E-state index in [1.807, 2.05) is 0 Å². The van der Waals surface area contributed by atoms with Gasteiger partial charge in [0.1, 0.15) is 13.2 Å². The fourth-order valence-corrected chi connectivity index (χ4v) is 7.72. The van der Waals surface area contributed by atoms with Crippen molar-refractivity contribution in [2.24, 2.45) is 0 Å². The zero-order chi connectivity index (χ0) is 43.7. The molecule has 352 valence electrons. The second-order valence-electron chi connectivity index (χ2n) is 17.8. The molecule has 0 aromatic heterocycles. The molecule has 0 saturated carbocycles. The van der Waals surface area contributed by atoms with E-state index in [0.29, 0.717) is 19.3 Å². The van der Waals surface area contributed by atoms with Gasteiger partial charge in [-0.2, -0.15) is 0 Å². The van der Waals surface area contributed by atoms with E-state index in [-0.39, 0.29) is 31.1 Å². The Morgan fingerprint density at radius 1 is 0.333 bits per heavy atom. The third-order valence-corrected chi connectivity index (χ3v) is 11.7. The standard InChI is InChI=1S/C54H100O6/c1-4-7-10-13-16-19-21-23-24-25-26-27-28-29-30-32-33-35-38-41-44-47-53(56)59-50-51(49-58-52(55)46-43-40-37-18-15-12-9-6-3)60-54(57)48-45-42-39-36-34-31-22-20-17-14-11-8-5-2/h11,14,20,22,51H,4-10,12-13,15-19,21,23-50H2,1-3H3/b14-11-,22-20-. The average Bonchev–Trinajstić information content (AvgIpc) is 3.24. The zero-order valence-electron chi connectivity index (χ0n) is 40.2. The molecule has 0 amide bonds. The highest BCUT2D eigenvalue weighted by Gasteiger charge is 2.19. The predicted molar refractivity (Wildman–Crippen MR) is 256 cm³/mol. The summed E-state index contributed by atoms with van der Waals surface area (Å²) in [6.45, 7) is 6.56. The van der Waals surface area contributed by atoms with Crippen molar-refractivity contribution in [1.29, 1.82) is 0 Å². The number of unbranched alkanes of at least 4 members (excludes halogenated alkanes) is 33. The first-order chi connectivity index (χ1) is 29.5. The van der Waals surface area contributed by atoms with Gasteiger partial charge in [-0.3, -0.25) is 14.4 Å². The molecule has 1 unspecified atom stereocenters. The molecule has 0 heterocycles. The van der Waals surface area contributed by atoms with Gasteiger partial charge in [-0.15, -0.1) is 0 Å². The summed E-state index contributed by atoms with van der Waals surface area (Å²) in [6.07, 6.45) is 56.1. The molecule has 60 heavy (non-hydrogen) atoms. The molecule has 0 aromatic rings. The number of hydrogen-bond donors (Lipinski definition) is 0. The Balaban J connectivity index is 4.18. The molecule has 0 aliphatic carbocycles. The van der Waals surface area contributed by atoms with Gasteiger partial charge < -0.3 is 14.2 Å². The van der Waals surface area contributed by atoms with Crippen LogP contribution in [0.1, 0.15) is 284 Å². The lowest BCUT2D eigenvalue weighted by Gasteiger charge is -2.18. The highest BCUT2D eigenvalue weighted by Crippen LogP contribution is 2.16. The van der Waals surface area contributed by atoms with E-state index >= 15 is 0 Å². The molecule has 6 nitrogen and oxygen atoms in total. The highest BCUT2D eigenvalue weighted by molar-refractivity contribution is 5.71. The van der Waals surface area contributed by atoms with Crippen LogP contribution in [0.2, 0.25) is 0 Å². The van der Waals surface area contributed by atoms with Crippen LogP contribution in [0.3, 0.4) is 0 Å². The molecule has 0 bridgehead atoms. The molecule has 0 fully saturated rings. The van der Waals surface area contributed by atoms with Crippen molar-refractivity contribution in [2.45, 2.75) is 290 Å². The molecule has 0 aromatic carbocycles. The normalized spacial score (nSPS) is 12.1. The Morgan fingerprint density at radius 2 is 0.633 bits per heavy atom. The lowest BCUT2D eigenvalue weighted by Crippen LogP contribution is -2.30. The topological polar surface area (TPSA) is 78.9 Å². The first-order valence-corrected chi connectivity index (χ1v) is 26.3. The van der Waals surface area contributed by atoms with Crippen LogP contribution in [0.4, 0.5) is 0 Å². The third-order valence-electron chi connectivity index (χ3n) is 11.7. The summed E-state index contributed by atoms with van der Waals surface area (Å²) in [6, 6.07) is 0. The van der Waals surface area contributed by atoms with Crippen molar-refractivity contribution in [3.63, 3.8) is 0 Å². The smallest absolute Gasteiger partial charge is 0.306 e. The fourth-order valence-electron chi connectivity index (χ4n) is 7.72. The maximum absolute atomic E-state index is 12.7. The highest BCUT2D eigenvalue weighted by atomic mass is 16.6. The summed E-state index contributed by atoms with van der Waals surface area (Å²) < 4.78 is 16.7. The predicted octanol–water partition coefficient (Wildman–Crippen LogP) is 17.2. The van der Waals surface area contributed by atoms with E-state index in [9.17, 15) is 14.4 Å². The molecule has 0 aliphatic heterocycles. The maximum Gasteiger partial charge on any atom is 0.306 e. The summed E-state index contributed by atoms with van der Waals surface area (Å²) in [4.78, 5) is 37.8. The molecule has 0 spiro atoms. The van der Waals surface area contributed by atoms with Crippen LogP contribution in [0, 0.1) is 0 Å². The number of allylic oxidation sites excluding steroid dienone is 4. The average molecular weight is 845 g/mol. The van der Waals surface area contributed by atoms with Crippen molar-refractivity contribution in [2.75, 3.05) is 13.2 Å². The number of hydrogen-bond acceptors (Lipinski definition) is 6. The monoisotopic (exact) mass is 845 g/mol. The minimum atomic E-state index is -0.771. The molecule has 0 aliphatic rings. The van der Waals surface area contributed by atoms with E-state index in [4.69, 9.17) is 14.2 Å². The van der Waals surface area contributed by atoms with Crippen molar-refractivity contribution in [3.8, 4) is 0 Å². The van der Waals surface area contributed by atoms with Gasteiger partial charge in [0.05, 0.1) is 0 Å². The molecule has 6 heteroatoms. The van der Waals surface area contributed by atoms with Crippen LogP contribution in [-0.2, 0) is 28.6 Å². The van der Waals surface area contributed by atoms with Gasteiger partial charge >= 0.3 is 17.9 Å². The van der Waals surface area contributed by atoms with E-state index in [2.05, 4.69) is 45.1 Å². The number of ether oxygens (including phenoxy) is 3. The number of carbonyl (C=O) groups is 3. The molecule has 1 atom stereocenters. The van der Waals surface area contributed by atoms with Gasteiger partial charge in [-0.1, -0.05) is 244 Å². The molecular formula is C54H100O6. The van der Waals surface area contributed by atoms with Crippen molar-refractivity contribution in [3.05, 3.63) is 24.3 Å². The minimum absolute atomic E-state index is 0.0726. The zero-order valence-corrected chi connectivity index (χ0v) is 40.2. The van der Waals surface area contributed by atoms with Crippen LogP contribution in [0.25, 0.3) is 0 Å². The Labute approximate surface area is 373 Å². The Morgan fingerprint density at radius 3 is 0.983 bits per heavy atom. The van der Waals surface area contributed by atoms with E-state index in [0.717, 1.165) is 89.9 Å². The first-order valence-electron chi connectivity index (χ1n) is 26.3. The Hall–Kier alpha value is -2.11. The number of rotatable bonds is 48. The van der Waals surface area contributed by atoms with Gasteiger partial charge in [0.2, 0.25) is 0 Å². The Kier molecular flexibility index (Phi) is 47.8. The van der Waals surface area contributed by atoms with Crippen LogP contribution >= 0.6 is 0 Å². The molecule has 0 N–H and O–H groups in total. The van der Waals surface area contributed by atoms with E-state index in [1.54, 1.807) is 0 Å². The second-order valence-corrected chi connectivity index (χ2v) is 17.8. The lowest BCUT2D eigenvalue weighted by molar-refractivity contribution is -0.167. The summed E-state index contributed by atoms with van der Waals surface area (Å²) in [7, 11) is 0. The van der Waals surface area contributed by atoms with Gasteiger partial charge in [0.25, 0.3) is 0 Å². The van der Waals surface area contributed by atoms with Gasteiger partial charge in [0.15, 0.2) is 6.10 Å². The van der Waals surface area contributed by atoms with Crippen LogP contribution in [0.5, 0.6) is 0 Å². The second kappa shape index (κ2) is 49.5. The van der Waals surface area contributed by atoms with Crippen LogP contribution in [-0.4, -0.2) is 37.2 Å². The fraction of sp³-hybridized carbons (Fsp3) is 0.870. The summed E-state index contributed by atoms with van der Waals surface area (Å²) in [5.74, 6) is -0.878. The Bertz CT molecular complexity index is 973. The van der Waals surface area contributed by atoms with Crippen molar-refractivity contribution >= 4 is 17.9 Å². The number of esters is 3. The maximum atomic E-state index is 12.7.